The number of amidine groups is 1. The number of nitrogens with zero attached hydrogens (tertiary/aromatic N) is 4. The summed E-state index contributed by atoms with van der Waals surface area (Å²) in [4.78, 5) is 13.5. The summed E-state index contributed by atoms with van der Waals surface area (Å²) >= 11 is 0. The highest BCUT2D eigenvalue weighted by Crippen LogP contribution is 2.23. The average Bonchev–Trinajstić information content (AvgIpc) is 2.52. The van der Waals surface area contributed by atoms with E-state index < -0.39 is 0 Å². The number of benzene rings is 1. The fraction of sp³-hybridized carbons (Fsp3) is 0.167. The van der Waals surface area contributed by atoms with Gasteiger partial charge in [0.2, 0.25) is 17.7 Å². The number of nitrogens with two attached hydrogens (primary N) is 1. The van der Waals surface area contributed by atoms with Crippen LogP contribution in [-0.2, 0) is 0 Å². The first-order chi connectivity index (χ1) is 10.0. The zero-order valence-corrected chi connectivity index (χ0v) is 11.5. The van der Waals surface area contributed by atoms with Crippen molar-refractivity contribution in [2.24, 2.45) is 0 Å². The van der Waals surface area contributed by atoms with Crippen molar-refractivity contribution < 1.29 is 9.94 Å². The Morgan fingerprint density at radius 3 is 2.52 bits per heavy atom. The van der Waals surface area contributed by atoms with Crippen LogP contribution in [0.25, 0.3) is 0 Å². The molecule has 0 unspecified atom stereocenters. The highest BCUT2D eigenvalue weighted by Gasteiger charge is 2.13. The number of nitrogen functional groups attached to an aromatic ring is 1. The number of anilines is 3. The van der Waals surface area contributed by atoms with Crippen molar-refractivity contribution >= 4 is 23.4 Å². The van der Waals surface area contributed by atoms with Gasteiger partial charge in [-0.1, -0.05) is 0 Å². The monoisotopic (exact) mass is 289 g/mol. The molecule has 1 heterocycles. The molecule has 21 heavy (non-hydrogen) atoms. The SMILES string of the molecule is COc1ccc(N(C)c2nc(N)nc(C(=N)NO)n2)cc1. The first kappa shape index (κ1) is 14.5. The van der Waals surface area contributed by atoms with Crippen molar-refractivity contribution in [1.82, 2.24) is 20.4 Å². The van der Waals surface area contributed by atoms with Crippen LogP contribution in [-0.4, -0.2) is 40.2 Å². The summed E-state index contributed by atoms with van der Waals surface area (Å²) in [6.45, 7) is 0. The topological polar surface area (TPSA) is 133 Å². The molecule has 1 aromatic heterocycles. The van der Waals surface area contributed by atoms with Crippen LogP contribution in [0.15, 0.2) is 24.3 Å². The number of nitrogens with one attached hydrogen (secondary N) is 2. The van der Waals surface area contributed by atoms with Crippen LogP contribution in [0.4, 0.5) is 17.6 Å². The molecule has 0 saturated carbocycles. The molecule has 1 aromatic carbocycles. The molecule has 2 aromatic rings. The Morgan fingerprint density at radius 2 is 1.95 bits per heavy atom. The van der Waals surface area contributed by atoms with Crippen molar-refractivity contribution in [2.45, 2.75) is 0 Å². The number of hydrogen-bond acceptors (Lipinski definition) is 8. The molecule has 0 bridgehead atoms. The van der Waals surface area contributed by atoms with Gasteiger partial charge in [0.05, 0.1) is 7.11 Å². The van der Waals surface area contributed by atoms with Gasteiger partial charge < -0.3 is 15.4 Å². The Bertz CT molecular complexity index is 645. The van der Waals surface area contributed by atoms with Gasteiger partial charge in [-0.15, -0.1) is 0 Å². The van der Waals surface area contributed by atoms with E-state index >= 15 is 0 Å². The van der Waals surface area contributed by atoms with E-state index in [1.807, 2.05) is 12.1 Å². The molecule has 0 radical (unpaired) electrons. The first-order valence-electron chi connectivity index (χ1n) is 5.93. The summed E-state index contributed by atoms with van der Waals surface area (Å²) in [5.74, 6) is 0.515. The standard InChI is InChI=1S/C12H15N7O2/c1-19(7-3-5-8(21-2)6-4-7)12-16-10(9(13)18-20)15-11(14)17-12/h3-6,20H,1-2H3,(H2,13,18)(H2,14,15,16,17). The second kappa shape index (κ2) is 6.01. The largest absolute Gasteiger partial charge is 0.497 e. The average molecular weight is 289 g/mol. The second-order valence-corrected chi connectivity index (χ2v) is 4.06. The van der Waals surface area contributed by atoms with Crippen molar-refractivity contribution in [3.8, 4) is 5.75 Å². The van der Waals surface area contributed by atoms with Crippen LogP contribution >= 0.6 is 0 Å². The van der Waals surface area contributed by atoms with Crippen molar-refractivity contribution in [3.05, 3.63) is 30.1 Å². The third-order valence-corrected chi connectivity index (χ3v) is 2.74. The summed E-state index contributed by atoms with van der Waals surface area (Å²) < 4.78 is 5.09. The lowest BCUT2D eigenvalue weighted by Crippen LogP contribution is -2.24. The number of ether oxygens (including phenoxy) is 1. The molecule has 0 amide bonds. The molecule has 0 atom stereocenters. The minimum absolute atomic E-state index is 0.0460. The maximum atomic E-state index is 8.74. The Kier molecular flexibility index (Phi) is 4.14. The predicted octanol–water partition coefficient (Wildman–Crippen LogP) is 0.534. The number of rotatable bonds is 4. The molecule has 9 nitrogen and oxygen atoms in total. The van der Waals surface area contributed by atoms with Gasteiger partial charge in [-0.2, -0.15) is 15.0 Å². The van der Waals surface area contributed by atoms with E-state index in [0.29, 0.717) is 0 Å². The van der Waals surface area contributed by atoms with Crippen LogP contribution in [0, 0.1) is 5.41 Å². The van der Waals surface area contributed by atoms with Crippen molar-refractivity contribution in [3.63, 3.8) is 0 Å². The molecule has 0 aliphatic heterocycles. The fourth-order valence-corrected chi connectivity index (χ4v) is 1.61. The molecular weight excluding hydrogens is 274 g/mol. The fourth-order valence-electron chi connectivity index (χ4n) is 1.61. The maximum Gasteiger partial charge on any atom is 0.235 e. The number of aromatic nitrogens is 3. The summed E-state index contributed by atoms with van der Waals surface area (Å²) in [6.07, 6.45) is 0. The molecule has 2 rings (SSSR count). The van der Waals surface area contributed by atoms with Gasteiger partial charge in [0.25, 0.3) is 0 Å². The molecule has 5 N–H and O–H groups in total. The van der Waals surface area contributed by atoms with Gasteiger partial charge in [0, 0.05) is 12.7 Å². The van der Waals surface area contributed by atoms with E-state index in [2.05, 4.69) is 15.0 Å². The highest BCUT2D eigenvalue weighted by molar-refractivity contribution is 5.92. The minimum atomic E-state index is -0.367. The van der Waals surface area contributed by atoms with Gasteiger partial charge >= 0.3 is 0 Å². The highest BCUT2D eigenvalue weighted by atomic mass is 16.5. The zero-order valence-electron chi connectivity index (χ0n) is 11.5. The normalized spacial score (nSPS) is 10.0. The lowest BCUT2D eigenvalue weighted by molar-refractivity contribution is 0.233. The quantitative estimate of drug-likeness (QED) is 0.364. The van der Waals surface area contributed by atoms with Gasteiger partial charge in [0.15, 0.2) is 5.84 Å². The van der Waals surface area contributed by atoms with E-state index in [1.165, 1.54) is 0 Å². The third kappa shape index (κ3) is 3.15. The lowest BCUT2D eigenvalue weighted by Gasteiger charge is -2.18. The van der Waals surface area contributed by atoms with Crippen LogP contribution in [0.2, 0.25) is 0 Å². The lowest BCUT2D eigenvalue weighted by atomic mass is 10.3. The van der Waals surface area contributed by atoms with Crippen LogP contribution < -0.4 is 20.9 Å². The van der Waals surface area contributed by atoms with E-state index in [0.717, 1.165) is 11.4 Å². The van der Waals surface area contributed by atoms with Crippen molar-refractivity contribution in [1.29, 1.82) is 5.41 Å². The molecule has 0 aliphatic rings. The number of hydroxylamine groups is 1. The Labute approximate surface area is 120 Å². The van der Waals surface area contributed by atoms with Crippen LogP contribution in [0.3, 0.4) is 0 Å². The molecule has 110 valence electrons. The van der Waals surface area contributed by atoms with Gasteiger partial charge in [-0.25, -0.2) is 5.48 Å². The van der Waals surface area contributed by atoms with Gasteiger partial charge in [-0.3, -0.25) is 10.6 Å². The summed E-state index contributed by atoms with van der Waals surface area (Å²) in [5, 5.41) is 16.2. The molecule has 0 aliphatic carbocycles. The van der Waals surface area contributed by atoms with E-state index in [1.54, 1.807) is 36.7 Å². The predicted molar refractivity (Wildman–Crippen MR) is 77.0 cm³/mol. The smallest absolute Gasteiger partial charge is 0.235 e. The Hall–Kier alpha value is -2.94. The van der Waals surface area contributed by atoms with Crippen LogP contribution in [0.5, 0.6) is 5.75 Å². The maximum absolute atomic E-state index is 8.74. The summed E-state index contributed by atoms with van der Waals surface area (Å²) in [7, 11) is 3.33. The van der Waals surface area contributed by atoms with E-state index in [4.69, 9.17) is 21.1 Å². The molecule has 0 spiro atoms. The van der Waals surface area contributed by atoms with Gasteiger partial charge in [-0.05, 0) is 24.3 Å². The molecule has 0 fully saturated rings. The summed E-state index contributed by atoms with van der Waals surface area (Å²) in [6, 6.07) is 7.26. The van der Waals surface area contributed by atoms with Crippen molar-refractivity contribution in [2.75, 3.05) is 24.8 Å². The first-order valence-corrected chi connectivity index (χ1v) is 5.93. The molecule has 0 saturated heterocycles. The third-order valence-electron chi connectivity index (χ3n) is 2.74. The molecule has 9 heteroatoms. The number of hydrogen-bond donors (Lipinski definition) is 4. The Balaban J connectivity index is 2.35. The second-order valence-electron chi connectivity index (χ2n) is 4.06. The number of methoxy groups -OCH3 is 1. The molecular formula is C12H15N7O2. The Morgan fingerprint density at radius 1 is 1.29 bits per heavy atom. The van der Waals surface area contributed by atoms with Crippen LogP contribution in [0.1, 0.15) is 5.82 Å². The zero-order chi connectivity index (χ0) is 15.4. The minimum Gasteiger partial charge on any atom is -0.497 e. The van der Waals surface area contributed by atoms with Gasteiger partial charge in [0.1, 0.15) is 5.75 Å². The van der Waals surface area contributed by atoms with E-state index in [-0.39, 0.29) is 23.6 Å². The van der Waals surface area contributed by atoms with E-state index in [9.17, 15) is 0 Å². The summed E-state index contributed by atoms with van der Waals surface area (Å²) in [5.41, 5.74) is 8.07.